The number of aromatic nitrogens is 4. The molecule has 1 aromatic carbocycles. The molecule has 1 fully saturated rings. The third-order valence-electron chi connectivity index (χ3n) is 5.48. The lowest BCUT2D eigenvalue weighted by Gasteiger charge is -2.17. The number of hydrogen-bond donors (Lipinski definition) is 3. The van der Waals surface area contributed by atoms with Crippen LogP contribution in [-0.4, -0.2) is 59.7 Å². The van der Waals surface area contributed by atoms with Gasteiger partial charge in [-0.05, 0) is 18.6 Å². The van der Waals surface area contributed by atoms with Crippen LogP contribution in [0.3, 0.4) is 0 Å². The van der Waals surface area contributed by atoms with Crippen LogP contribution in [0.5, 0.6) is 5.75 Å². The van der Waals surface area contributed by atoms with E-state index in [9.17, 15) is 28.2 Å². The zero-order chi connectivity index (χ0) is 24.0. The van der Waals surface area contributed by atoms with Gasteiger partial charge in [-0.2, -0.15) is 13.2 Å². The number of benzene rings is 1. The van der Waals surface area contributed by atoms with Crippen molar-refractivity contribution in [1.29, 1.82) is 0 Å². The SMILES string of the molecule is O=C(c1ccc(Nc2nccn3c(-c4conc4C(F)(F)F)cnc23)cc1O)N1CC[C@H](O)C1. The molecule has 1 atom stereocenters. The van der Waals surface area contributed by atoms with E-state index in [1.54, 1.807) is 6.07 Å². The summed E-state index contributed by atoms with van der Waals surface area (Å²) in [6.45, 7) is 0.602. The number of alkyl halides is 3. The molecule has 0 radical (unpaired) electrons. The Morgan fingerprint density at radius 3 is 2.79 bits per heavy atom. The number of nitrogens with one attached hydrogen (secondary N) is 1. The van der Waals surface area contributed by atoms with Crippen molar-refractivity contribution in [2.24, 2.45) is 0 Å². The zero-order valence-corrected chi connectivity index (χ0v) is 17.3. The molecular formula is C21H17F3N6O4. The van der Waals surface area contributed by atoms with E-state index in [1.807, 2.05) is 0 Å². The highest BCUT2D eigenvalue weighted by Gasteiger charge is 2.38. The van der Waals surface area contributed by atoms with Crippen LogP contribution in [0.1, 0.15) is 22.5 Å². The highest BCUT2D eigenvalue weighted by atomic mass is 19.4. The van der Waals surface area contributed by atoms with Crippen LogP contribution in [-0.2, 0) is 6.18 Å². The van der Waals surface area contributed by atoms with Gasteiger partial charge in [0.1, 0.15) is 12.0 Å². The molecule has 0 aliphatic carbocycles. The molecule has 3 N–H and O–H groups in total. The molecule has 0 bridgehead atoms. The first kappa shape index (κ1) is 21.7. The van der Waals surface area contributed by atoms with Gasteiger partial charge in [0.2, 0.25) is 0 Å². The molecule has 5 rings (SSSR count). The number of amides is 1. The molecule has 0 unspecified atom stereocenters. The average Bonchev–Trinajstić information content (AvgIpc) is 3.52. The predicted octanol–water partition coefficient (Wildman–Crippen LogP) is 3.06. The standard InChI is InChI=1S/C21H17F3N6O4/c22-21(23,24)17-14(10-34-28-17)15-8-26-19-18(25-4-6-30(15)19)27-11-1-2-13(16(32)7-11)20(33)29-5-3-12(31)9-29/h1-2,4,6-8,10,12,31-32H,3,5,9H2,(H,25,27)/t12-/m0/s1. The molecule has 176 valence electrons. The Balaban J connectivity index is 1.44. The fourth-order valence-electron chi connectivity index (χ4n) is 3.85. The number of aromatic hydroxyl groups is 1. The molecule has 0 spiro atoms. The summed E-state index contributed by atoms with van der Waals surface area (Å²) in [6, 6.07) is 4.32. The van der Waals surface area contributed by atoms with Crippen molar-refractivity contribution < 1.29 is 32.7 Å². The maximum Gasteiger partial charge on any atom is 0.437 e. The smallest absolute Gasteiger partial charge is 0.437 e. The van der Waals surface area contributed by atoms with Gasteiger partial charge >= 0.3 is 6.18 Å². The van der Waals surface area contributed by atoms with Gasteiger partial charge in [-0.25, -0.2) is 9.97 Å². The van der Waals surface area contributed by atoms with Crippen molar-refractivity contribution in [3.63, 3.8) is 0 Å². The van der Waals surface area contributed by atoms with Crippen LogP contribution >= 0.6 is 0 Å². The lowest BCUT2D eigenvalue weighted by atomic mass is 10.1. The minimum Gasteiger partial charge on any atom is -0.507 e. The van der Waals surface area contributed by atoms with Crippen molar-refractivity contribution >= 4 is 23.1 Å². The second-order valence-electron chi connectivity index (χ2n) is 7.74. The number of likely N-dealkylation sites (tertiary alicyclic amines) is 1. The second-order valence-corrected chi connectivity index (χ2v) is 7.74. The highest BCUT2D eigenvalue weighted by Crippen LogP contribution is 2.37. The topological polar surface area (TPSA) is 129 Å². The number of imidazole rings is 1. The zero-order valence-electron chi connectivity index (χ0n) is 17.3. The first-order chi connectivity index (χ1) is 16.2. The molecule has 4 heterocycles. The van der Waals surface area contributed by atoms with E-state index in [0.717, 1.165) is 6.26 Å². The number of halogens is 3. The number of carbonyl (C=O) groups is 1. The van der Waals surface area contributed by atoms with E-state index in [4.69, 9.17) is 0 Å². The molecule has 0 saturated carbocycles. The van der Waals surface area contributed by atoms with Crippen molar-refractivity contribution in [2.75, 3.05) is 18.4 Å². The van der Waals surface area contributed by atoms with Crippen LogP contribution in [0.2, 0.25) is 0 Å². The number of phenolic OH excluding ortho intramolecular Hbond substituents is 1. The Morgan fingerprint density at radius 1 is 1.26 bits per heavy atom. The summed E-state index contributed by atoms with van der Waals surface area (Å²) in [6.07, 6.45) is 0.152. The Labute approximate surface area is 189 Å². The largest absolute Gasteiger partial charge is 0.507 e. The van der Waals surface area contributed by atoms with Gasteiger partial charge in [-0.3, -0.25) is 9.20 Å². The summed E-state index contributed by atoms with van der Waals surface area (Å²) < 4.78 is 45.7. The maximum atomic E-state index is 13.2. The van der Waals surface area contributed by atoms with E-state index in [0.29, 0.717) is 18.7 Å². The maximum absolute atomic E-state index is 13.2. The summed E-state index contributed by atoms with van der Waals surface area (Å²) in [7, 11) is 0. The van der Waals surface area contributed by atoms with Crippen LogP contribution in [0.25, 0.3) is 16.9 Å². The molecular weight excluding hydrogens is 457 g/mol. The Hall–Kier alpha value is -4.13. The molecule has 10 nitrogen and oxygen atoms in total. The molecule has 3 aromatic heterocycles. The molecule has 1 saturated heterocycles. The van der Waals surface area contributed by atoms with Crippen molar-refractivity contribution in [3.8, 4) is 17.0 Å². The first-order valence-corrected chi connectivity index (χ1v) is 10.1. The Kier molecular flexibility index (Phi) is 5.12. The quantitative estimate of drug-likeness (QED) is 0.412. The van der Waals surface area contributed by atoms with Crippen LogP contribution in [0.15, 0.2) is 47.6 Å². The van der Waals surface area contributed by atoms with E-state index in [2.05, 4.69) is 25.0 Å². The number of β-amino-alcohol motifs (C(OH)–C–C–N with tert-alkyl or cyclic N) is 1. The van der Waals surface area contributed by atoms with E-state index >= 15 is 0 Å². The van der Waals surface area contributed by atoms with Gasteiger partial charge in [0, 0.05) is 37.2 Å². The lowest BCUT2D eigenvalue weighted by Crippen LogP contribution is -2.29. The molecule has 34 heavy (non-hydrogen) atoms. The van der Waals surface area contributed by atoms with E-state index in [-0.39, 0.29) is 40.6 Å². The number of anilines is 2. The third-order valence-corrected chi connectivity index (χ3v) is 5.48. The van der Waals surface area contributed by atoms with E-state index < -0.39 is 23.9 Å². The van der Waals surface area contributed by atoms with Crippen molar-refractivity contribution in [2.45, 2.75) is 18.7 Å². The normalized spacial score (nSPS) is 16.4. The second kappa shape index (κ2) is 8.02. The van der Waals surface area contributed by atoms with Crippen molar-refractivity contribution in [3.05, 3.63) is 54.3 Å². The van der Waals surface area contributed by atoms with Crippen LogP contribution in [0.4, 0.5) is 24.7 Å². The number of aliphatic hydroxyl groups is 1. The summed E-state index contributed by atoms with van der Waals surface area (Å²) in [5.41, 5.74) is -0.660. The van der Waals surface area contributed by atoms with Gasteiger partial charge in [-0.15, -0.1) is 0 Å². The van der Waals surface area contributed by atoms with Gasteiger partial charge < -0.3 is 25.0 Å². The molecule has 1 aliphatic heterocycles. The predicted molar refractivity (Wildman–Crippen MR) is 111 cm³/mol. The monoisotopic (exact) mass is 474 g/mol. The van der Waals surface area contributed by atoms with Crippen LogP contribution < -0.4 is 5.32 Å². The Bertz CT molecular complexity index is 1380. The van der Waals surface area contributed by atoms with Gasteiger partial charge in [-0.1, -0.05) is 5.16 Å². The summed E-state index contributed by atoms with van der Waals surface area (Å²) >= 11 is 0. The molecule has 4 aromatic rings. The summed E-state index contributed by atoms with van der Waals surface area (Å²) in [5, 5.41) is 26.0. The van der Waals surface area contributed by atoms with Crippen molar-refractivity contribution in [1.82, 2.24) is 24.4 Å². The van der Waals surface area contributed by atoms with Gasteiger partial charge in [0.15, 0.2) is 17.2 Å². The number of fused-ring (bicyclic) bond motifs is 1. The summed E-state index contributed by atoms with van der Waals surface area (Å²) in [5.74, 6) is -0.459. The van der Waals surface area contributed by atoms with Gasteiger partial charge in [0.05, 0.1) is 29.1 Å². The van der Waals surface area contributed by atoms with Gasteiger partial charge in [0.25, 0.3) is 5.91 Å². The fourth-order valence-corrected chi connectivity index (χ4v) is 3.85. The summed E-state index contributed by atoms with van der Waals surface area (Å²) in [4.78, 5) is 22.4. The number of phenols is 1. The number of rotatable bonds is 4. The third kappa shape index (κ3) is 3.79. The first-order valence-electron chi connectivity index (χ1n) is 10.1. The minimum atomic E-state index is -4.70. The molecule has 1 aliphatic rings. The number of hydrogen-bond acceptors (Lipinski definition) is 8. The average molecular weight is 474 g/mol. The molecule has 13 heteroatoms. The highest BCUT2D eigenvalue weighted by molar-refractivity contribution is 5.97. The number of carbonyl (C=O) groups excluding carboxylic acids is 1. The number of nitrogens with zero attached hydrogens (tertiary/aromatic N) is 5. The Morgan fingerprint density at radius 2 is 2.09 bits per heavy atom. The van der Waals surface area contributed by atoms with E-state index in [1.165, 1.54) is 40.0 Å². The molecule has 1 amide bonds. The fraction of sp³-hybridized carbons (Fsp3) is 0.238. The minimum absolute atomic E-state index is 0.0843. The lowest BCUT2D eigenvalue weighted by molar-refractivity contribution is -0.142. The number of aliphatic hydroxyl groups excluding tert-OH is 1. The van der Waals surface area contributed by atoms with Crippen LogP contribution in [0, 0.1) is 0 Å².